The molecule has 7 nitrogen and oxygen atoms in total. The van der Waals surface area contributed by atoms with Crippen molar-refractivity contribution in [3.05, 3.63) is 23.9 Å². The minimum atomic E-state index is -0.158. The zero-order chi connectivity index (χ0) is 16.8. The van der Waals surface area contributed by atoms with E-state index in [9.17, 15) is 4.79 Å². The molecule has 134 valence electrons. The normalized spacial score (nSPS) is 20.3. The van der Waals surface area contributed by atoms with Crippen molar-refractivity contribution in [1.29, 1.82) is 0 Å². The number of hydrogen-bond acceptors (Lipinski definition) is 5. The maximum Gasteiger partial charge on any atom is 0.310 e. The second-order valence-corrected chi connectivity index (χ2v) is 5.62. The van der Waals surface area contributed by atoms with Crippen LogP contribution in [-0.2, 0) is 16.1 Å². The van der Waals surface area contributed by atoms with Gasteiger partial charge in [0.2, 0.25) is 5.88 Å². The van der Waals surface area contributed by atoms with Gasteiger partial charge in [0.15, 0.2) is 5.96 Å². The number of likely N-dealkylation sites (tertiary alicyclic amines) is 1. The van der Waals surface area contributed by atoms with Crippen LogP contribution < -0.4 is 10.1 Å². The number of pyridine rings is 1. The van der Waals surface area contributed by atoms with Crippen LogP contribution in [0.1, 0.15) is 12.5 Å². The van der Waals surface area contributed by atoms with Gasteiger partial charge in [0, 0.05) is 38.9 Å². The lowest BCUT2D eigenvalue weighted by Gasteiger charge is -2.21. The Hall–Kier alpha value is -1.58. The highest BCUT2D eigenvalue weighted by atomic mass is 127. The minimum absolute atomic E-state index is 0. The number of hydrogen-bond donors (Lipinski definition) is 1. The number of guanidine groups is 1. The van der Waals surface area contributed by atoms with Gasteiger partial charge in [-0.25, -0.2) is 4.98 Å². The van der Waals surface area contributed by atoms with Gasteiger partial charge in [-0.3, -0.25) is 9.79 Å². The van der Waals surface area contributed by atoms with Gasteiger partial charge in [-0.1, -0.05) is 13.0 Å². The fourth-order valence-corrected chi connectivity index (χ4v) is 2.75. The second kappa shape index (κ2) is 9.65. The van der Waals surface area contributed by atoms with Gasteiger partial charge >= 0.3 is 5.97 Å². The van der Waals surface area contributed by atoms with E-state index >= 15 is 0 Å². The second-order valence-electron chi connectivity index (χ2n) is 5.62. The van der Waals surface area contributed by atoms with Crippen LogP contribution in [0.15, 0.2) is 23.3 Å². The maximum absolute atomic E-state index is 11.8. The quantitative estimate of drug-likeness (QED) is 0.326. The third kappa shape index (κ3) is 4.96. The van der Waals surface area contributed by atoms with Gasteiger partial charge in [0.05, 0.1) is 20.1 Å². The van der Waals surface area contributed by atoms with Crippen molar-refractivity contribution < 1.29 is 14.3 Å². The summed E-state index contributed by atoms with van der Waals surface area (Å²) < 4.78 is 9.92. The molecule has 1 N–H and O–H groups in total. The number of methoxy groups -OCH3 is 2. The summed E-state index contributed by atoms with van der Waals surface area (Å²) in [5.74, 6) is 1.34. The van der Waals surface area contributed by atoms with Crippen LogP contribution in [0.5, 0.6) is 5.88 Å². The van der Waals surface area contributed by atoms with E-state index in [2.05, 4.69) is 27.1 Å². The molecule has 24 heavy (non-hydrogen) atoms. The number of ether oxygens (including phenoxy) is 2. The van der Waals surface area contributed by atoms with Gasteiger partial charge in [0.25, 0.3) is 0 Å². The van der Waals surface area contributed by atoms with E-state index in [1.54, 1.807) is 20.4 Å². The van der Waals surface area contributed by atoms with E-state index < -0.39 is 0 Å². The summed E-state index contributed by atoms with van der Waals surface area (Å²) in [5, 5.41) is 3.31. The molecule has 1 fully saturated rings. The Kier molecular flexibility index (Phi) is 8.23. The molecule has 0 spiro atoms. The van der Waals surface area contributed by atoms with Crippen LogP contribution in [0.3, 0.4) is 0 Å². The lowest BCUT2D eigenvalue weighted by atomic mass is 9.99. The minimum Gasteiger partial charge on any atom is -0.481 e. The standard InChI is InChI=1S/C16H24N4O3.HI/c1-11-9-20(10-13(11)15(21)23-4)16(17-2)19-8-12-5-6-14(22-3)18-7-12;/h5-7,11,13H,8-10H2,1-4H3,(H,17,19);1H. The third-order valence-corrected chi connectivity index (χ3v) is 4.08. The summed E-state index contributed by atoms with van der Waals surface area (Å²) in [5.41, 5.74) is 1.03. The number of aromatic nitrogens is 1. The summed E-state index contributed by atoms with van der Waals surface area (Å²) in [6.45, 7) is 4.06. The van der Waals surface area contributed by atoms with Crippen LogP contribution in [0.4, 0.5) is 0 Å². The molecule has 0 bridgehead atoms. The molecule has 1 aliphatic heterocycles. The third-order valence-electron chi connectivity index (χ3n) is 4.08. The largest absolute Gasteiger partial charge is 0.481 e. The average Bonchev–Trinajstić information content (AvgIpc) is 2.97. The number of nitrogens with one attached hydrogen (secondary N) is 1. The molecule has 1 aromatic rings. The van der Waals surface area contributed by atoms with E-state index in [-0.39, 0.29) is 41.8 Å². The smallest absolute Gasteiger partial charge is 0.310 e. The molecular formula is C16H25IN4O3. The Morgan fingerprint density at radius 1 is 1.42 bits per heavy atom. The molecule has 0 amide bonds. The fourth-order valence-electron chi connectivity index (χ4n) is 2.75. The van der Waals surface area contributed by atoms with Crippen molar-refractivity contribution in [2.45, 2.75) is 13.5 Å². The maximum atomic E-state index is 11.8. The van der Waals surface area contributed by atoms with Gasteiger partial charge in [-0.2, -0.15) is 0 Å². The Bertz CT molecular complexity index is 565. The lowest BCUT2D eigenvalue weighted by Crippen LogP contribution is -2.40. The Balaban J connectivity index is 0.00000288. The molecule has 0 aromatic carbocycles. The Morgan fingerprint density at radius 3 is 2.71 bits per heavy atom. The number of rotatable bonds is 4. The fraction of sp³-hybridized carbons (Fsp3) is 0.562. The van der Waals surface area contributed by atoms with Crippen LogP contribution in [0, 0.1) is 11.8 Å². The number of esters is 1. The zero-order valence-electron chi connectivity index (χ0n) is 14.5. The van der Waals surface area contributed by atoms with E-state index in [1.165, 1.54) is 7.11 Å². The molecule has 0 aliphatic carbocycles. The molecule has 2 rings (SSSR count). The monoisotopic (exact) mass is 448 g/mol. The molecule has 0 saturated carbocycles. The van der Waals surface area contributed by atoms with Crippen molar-refractivity contribution >= 4 is 35.9 Å². The highest BCUT2D eigenvalue weighted by Gasteiger charge is 2.36. The van der Waals surface area contributed by atoms with Crippen LogP contribution in [0.2, 0.25) is 0 Å². The molecular weight excluding hydrogens is 423 g/mol. The molecule has 0 radical (unpaired) electrons. The number of carbonyl (C=O) groups is 1. The van der Waals surface area contributed by atoms with Crippen molar-refractivity contribution in [1.82, 2.24) is 15.2 Å². The van der Waals surface area contributed by atoms with E-state index in [1.807, 2.05) is 12.1 Å². The Morgan fingerprint density at radius 2 is 2.17 bits per heavy atom. The van der Waals surface area contributed by atoms with Crippen LogP contribution >= 0.6 is 24.0 Å². The van der Waals surface area contributed by atoms with Crippen molar-refractivity contribution in [2.75, 3.05) is 34.4 Å². The molecule has 2 atom stereocenters. The lowest BCUT2D eigenvalue weighted by molar-refractivity contribution is -0.145. The number of aliphatic imine (C=N–C) groups is 1. The van der Waals surface area contributed by atoms with E-state index in [4.69, 9.17) is 9.47 Å². The molecule has 1 aliphatic rings. The first-order valence-electron chi connectivity index (χ1n) is 7.61. The van der Waals surface area contributed by atoms with Crippen molar-refractivity contribution in [3.63, 3.8) is 0 Å². The Labute approximate surface area is 159 Å². The van der Waals surface area contributed by atoms with E-state index in [0.717, 1.165) is 18.1 Å². The number of carbonyl (C=O) groups excluding carboxylic acids is 1. The first kappa shape index (κ1) is 20.5. The summed E-state index contributed by atoms with van der Waals surface area (Å²) in [6, 6.07) is 3.78. The first-order valence-corrected chi connectivity index (χ1v) is 7.61. The first-order chi connectivity index (χ1) is 11.1. The van der Waals surface area contributed by atoms with Gasteiger partial charge in [-0.15, -0.1) is 24.0 Å². The molecule has 1 saturated heterocycles. The SMILES string of the molecule is CN=C(NCc1ccc(OC)nc1)N1CC(C)C(C(=O)OC)C1.I. The predicted octanol–water partition coefficient (Wildman–Crippen LogP) is 1.52. The highest BCUT2D eigenvalue weighted by molar-refractivity contribution is 14.0. The van der Waals surface area contributed by atoms with Crippen LogP contribution in [-0.4, -0.2) is 56.2 Å². The number of nitrogens with zero attached hydrogens (tertiary/aromatic N) is 3. The average molecular weight is 448 g/mol. The molecule has 8 heteroatoms. The summed E-state index contributed by atoms with van der Waals surface area (Å²) >= 11 is 0. The van der Waals surface area contributed by atoms with Gasteiger partial charge < -0.3 is 19.7 Å². The van der Waals surface area contributed by atoms with Gasteiger partial charge in [0.1, 0.15) is 0 Å². The summed E-state index contributed by atoms with van der Waals surface area (Å²) in [4.78, 5) is 22.4. The summed E-state index contributed by atoms with van der Waals surface area (Å²) in [6.07, 6.45) is 1.77. The topological polar surface area (TPSA) is 76.1 Å². The van der Waals surface area contributed by atoms with Gasteiger partial charge in [-0.05, 0) is 11.5 Å². The zero-order valence-corrected chi connectivity index (χ0v) is 16.8. The van der Waals surface area contributed by atoms with Crippen molar-refractivity contribution in [3.8, 4) is 5.88 Å². The van der Waals surface area contributed by atoms with Crippen LogP contribution in [0.25, 0.3) is 0 Å². The summed E-state index contributed by atoms with van der Waals surface area (Å²) in [7, 11) is 4.76. The van der Waals surface area contributed by atoms with E-state index in [0.29, 0.717) is 19.0 Å². The molecule has 2 unspecified atom stereocenters. The molecule has 2 heterocycles. The highest BCUT2D eigenvalue weighted by Crippen LogP contribution is 2.24. The predicted molar refractivity (Wildman–Crippen MR) is 103 cm³/mol. The van der Waals surface area contributed by atoms with Crippen molar-refractivity contribution in [2.24, 2.45) is 16.8 Å². The molecule has 1 aromatic heterocycles. The number of halogens is 1.